The SMILES string of the molecule is CCNC(c1cncc(OC)c1)C(OC)C(C)(C)C. The molecular formula is C15H26N2O2. The molecule has 0 aromatic carbocycles. The number of methoxy groups -OCH3 is 2. The Morgan fingerprint density at radius 1 is 1.26 bits per heavy atom. The molecule has 1 rings (SSSR count). The molecule has 0 amide bonds. The van der Waals surface area contributed by atoms with E-state index in [-0.39, 0.29) is 17.6 Å². The summed E-state index contributed by atoms with van der Waals surface area (Å²) in [7, 11) is 3.41. The van der Waals surface area contributed by atoms with E-state index in [0.29, 0.717) is 0 Å². The lowest BCUT2D eigenvalue weighted by Gasteiger charge is -2.36. The largest absolute Gasteiger partial charge is 0.495 e. The van der Waals surface area contributed by atoms with Crippen molar-refractivity contribution in [1.82, 2.24) is 10.3 Å². The molecule has 1 N–H and O–H groups in total. The van der Waals surface area contributed by atoms with E-state index < -0.39 is 0 Å². The van der Waals surface area contributed by atoms with Crippen LogP contribution in [0.15, 0.2) is 18.5 Å². The molecule has 1 aromatic rings. The fraction of sp³-hybridized carbons (Fsp3) is 0.667. The molecule has 1 aromatic heterocycles. The van der Waals surface area contributed by atoms with Gasteiger partial charge in [0.25, 0.3) is 0 Å². The standard InChI is InChI=1S/C15H26N2O2/c1-7-17-13(14(19-6)15(2,3)4)11-8-12(18-5)10-16-9-11/h8-10,13-14,17H,7H2,1-6H3. The van der Waals surface area contributed by atoms with Gasteiger partial charge >= 0.3 is 0 Å². The molecule has 108 valence electrons. The first-order chi connectivity index (χ1) is 8.93. The van der Waals surface area contributed by atoms with Crippen molar-refractivity contribution in [2.75, 3.05) is 20.8 Å². The van der Waals surface area contributed by atoms with Crippen LogP contribution in [0.5, 0.6) is 5.75 Å². The average Bonchev–Trinajstić information content (AvgIpc) is 2.37. The number of hydrogen-bond donors (Lipinski definition) is 1. The summed E-state index contributed by atoms with van der Waals surface area (Å²) in [5.41, 5.74) is 1.12. The van der Waals surface area contributed by atoms with Crippen LogP contribution in [-0.4, -0.2) is 31.9 Å². The van der Waals surface area contributed by atoms with Crippen molar-refractivity contribution in [3.8, 4) is 5.75 Å². The van der Waals surface area contributed by atoms with Crippen LogP contribution < -0.4 is 10.1 Å². The molecule has 0 saturated carbocycles. The summed E-state index contributed by atoms with van der Waals surface area (Å²) in [6.45, 7) is 9.51. The highest BCUT2D eigenvalue weighted by atomic mass is 16.5. The Morgan fingerprint density at radius 3 is 2.42 bits per heavy atom. The zero-order chi connectivity index (χ0) is 14.5. The number of nitrogens with one attached hydrogen (secondary N) is 1. The van der Waals surface area contributed by atoms with E-state index in [4.69, 9.17) is 9.47 Å². The van der Waals surface area contributed by atoms with Gasteiger partial charge in [-0.25, -0.2) is 0 Å². The summed E-state index contributed by atoms with van der Waals surface area (Å²) >= 11 is 0. The lowest BCUT2D eigenvalue weighted by atomic mass is 9.82. The van der Waals surface area contributed by atoms with Gasteiger partial charge in [-0.2, -0.15) is 0 Å². The van der Waals surface area contributed by atoms with Gasteiger partial charge in [0.1, 0.15) is 5.75 Å². The Hall–Kier alpha value is -1.13. The normalized spacial score (nSPS) is 15.1. The number of pyridine rings is 1. The molecule has 0 fully saturated rings. The van der Waals surface area contributed by atoms with Gasteiger partial charge in [0, 0.05) is 13.3 Å². The van der Waals surface area contributed by atoms with Crippen molar-refractivity contribution in [2.24, 2.45) is 5.41 Å². The molecule has 1 heterocycles. The number of likely N-dealkylation sites (N-methyl/N-ethyl adjacent to an activating group) is 1. The highest BCUT2D eigenvalue weighted by Crippen LogP contribution is 2.33. The molecule has 2 unspecified atom stereocenters. The second-order valence-electron chi connectivity index (χ2n) is 5.72. The maximum atomic E-state index is 5.73. The molecule has 0 radical (unpaired) electrons. The Kier molecular flexibility index (Phi) is 5.76. The van der Waals surface area contributed by atoms with Crippen LogP contribution >= 0.6 is 0 Å². The van der Waals surface area contributed by atoms with Crippen LogP contribution in [-0.2, 0) is 4.74 Å². The zero-order valence-electron chi connectivity index (χ0n) is 12.9. The molecule has 0 spiro atoms. The molecule has 2 atom stereocenters. The van der Waals surface area contributed by atoms with Crippen LogP contribution in [0.4, 0.5) is 0 Å². The van der Waals surface area contributed by atoms with Crippen molar-refractivity contribution in [3.05, 3.63) is 24.0 Å². The molecule has 4 heteroatoms. The minimum atomic E-state index is 0.0324. The minimum absolute atomic E-state index is 0.0324. The monoisotopic (exact) mass is 266 g/mol. The van der Waals surface area contributed by atoms with Gasteiger partial charge in [-0.3, -0.25) is 4.98 Å². The predicted molar refractivity (Wildman–Crippen MR) is 77.5 cm³/mol. The molecular weight excluding hydrogens is 240 g/mol. The predicted octanol–water partition coefficient (Wildman–Crippen LogP) is 2.80. The van der Waals surface area contributed by atoms with E-state index in [1.54, 1.807) is 20.4 Å². The van der Waals surface area contributed by atoms with E-state index in [1.807, 2.05) is 12.3 Å². The summed E-state index contributed by atoms with van der Waals surface area (Å²) in [6.07, 6.45) is 3.64. The first-order valence-corrected chi connectivity index (χ1v) is 6.69. The van der Waals surface area contributed by atoms with Crippen LogP contribution in [0, 0.1) is 5.41 Å². The van der Waals surface area contributed by atoms with Gasteiger partial charge in [0.15, 0.2) is 0 Å². The van der Waals surface area contributed by atoms with Crippen molar-refractivity contribution in [1.29, 1.82) is 0 Å². The molecule has 0 bridgehead atoms. The van der Waals surface area contributed by atoms with E-state index in [1.165, 1.54) is 0 Å². The maximum Gasteiger partial charge on any atom is 0.137 e. The third-order valence-corrected chi connectivity index (χ3v) is 3.16. The molecule has 0 saturated heterocycles. The van der Waals surface area contributed by atoms with Crippen molar-refractivity contribution >= 4 is 0 Å². The van der Waals surface area contributed by atoms with Crippen LogP contribution in [0.25, 0.3) is 0 Å². The molecule has 0 aliphatic rings. The minimum Gasteiger partial charge on any atom is -0.495 e. The highest BCUT2D eigenvalue weighted by molar-refractivity contribution is 5.27. The first-order valence-electron chi connectivity index (χ1n) is 6.69. The highest BCUT2D eigenvalue weighted by Gasteiger charge is 2.33. The van der Waals surface area contributed by atoms with Crippen LogP contribution in [0.1, 0.15) is 39.3 Å². The van der Waals surface area contributed by atoms with Crippen molar-refractivity contribution in [2.45, 2.75) is 39.8 Å². The number of rotatable bonds is 6. The number of ether oxygens (including phenoxy) is 2. The van der Waals surface area contributed by atoms with Crippen LogP contribution in [0.2, 0.25) is 0 Å². The quantitative estimate of drug-likeness (QED) is 0.860. The number of nitrogens with zero attached hydrogens (tertiary/aromatic N) is 1. The third-order valence-electron chi connectivity index (χ3n) is 3.16. The van der Waals surface area contributed by atoms with Gasteiger partial charge in [-0.1, -0.05) is 27.7 Å². The van der Waals surface area contributed by atoms with Crippen molar-refractivity contribution < 1.29 is 9.47 Å². The Balaban J connectivity index is 3.10. The van der Waals surface area contributed by atoms with Gasteiger partial charge in [0.05, 0.1) is 25.5 Å². The number of aromatic nitrogens is 1. The van der Waals surface area contributed by atoms with Gasteiger partial charge in [-0.15, -0.1) is 0 Å². The van der Waals surface area contributed by atoms with Crippen molar-refractivity contribution in [3.63, 3.8) is 0 Å². The summed E-state index contributed by atoms with van der Waals surface area (Å²) < 4.78 is 11.0. The van der Waals surface area contributed by atoms with Crippen LogP contribution in [0.3, 0.4) is 0 Å². The van der Waals surface area contributed by atoms with E-state index in [0.717, 1.165) is 17.9 Å². The van der Waals surface area contributed by atoms with Gasteiger partial charge in [0.2, 0.25) is 0 Å². The Morgan fingerprint density at radius 2 is 1.95 bits per heavy atom. The lowest BCUT2D eigenvalue weighted by molar-refractivity contribution is -0.0117. The second kappa shape index (κ2) is 6.87. The summed E-state index contributed by atoms with van der Waals surface area (Å²) in [5.74, 6) is 0.768. The smallest absolute Gasteiger partial charge is 0.137 e. The first kappa shape index (κ1) is 15.9. The Bertz CT molecular complexity index is 388. The molecule has 0 aliphatic heterocycles. The van der Waals surface area contributed by atoms with Gasteiger partial charge in [-0.05, 0) is 23.6 Å². The third kappa shape index (κ3) is 4.18. The summed E-state index contributed by atoms with van der Waals surface area (Å²) in [5, 5.41) is 3.49. The fourth-order valence-electron chi connectivity index (χ4n) is 2.33. The lowest BCUT2D eigenvalue weighted by Crippen LogP contribution is -2.41. The fourth-order valence-corrected chi connectivity index (χ4v) is 2.33. The number of hydrogen-bond acceptors (Lipinski definition) is 4. The molecule has 4 nitrogen and oxygen atoms in total. The average molecular weight is 266 g/mol. The van der Waals surface area contributed by atoms with E-state index in [9.17, 15) is 0 Å². The molecule has 0 aliphatic carbocycles. The Labute approximate surface area is 116 Å². The van der Waals surface area contributed by atoms with Gasteiger partial charge < -0.3 is 14.8 Å². The maximum absolute atomic E-state index is 5.73. The van der Waals surface area contributed by atoms with E-state index >= 15 is 0 Å². The second-order valence-corrected chi connectivity index (χ2v) is 5.72. The zero-order valence-corrected chi connectivity index (χ0v) is 12.9. The topological polar surface area (TPSA) is 43.4 Å². The summed E-state index contributed by atoms with van der Waals surface area (Å²) in [4.78, 5) is 4.24. The molecule has 19 heavy (non-hydrogen) atoms. The van der Waals surface area contributed by atoms with E-state index in [2.05, 4.69) is 38.0 Å². The summed E-state index contributed by atoms with van der Waals surface area (Å²) in [6, 6.07) is 2.11.